The maximum absolute atomic E-state index is 5.98. The first kappa shape index (κ1) is 11.8. The second-order valence-corrected chi connectivity index (χ2v) is 4.52. The summed E-state index contributed by atoms with van der Waals surface area (Å²) in [5.74, 6) is 2.47. The van der Waals surface area contributed by atoms with Gasteiger partial charge in [-0.3, -0.25) is 0 Å². The molecule has 2 aromatic carbocycles. The van der Waals surface area contributed by atoms with Gasteiger partial charge in [0.25, 0.3) is 0 Å². The van der Waals surface area contributed by atoms with Crippen molar-refractivity contribution < 1.29 is 9.47 Å². The summed E-state index contributed by atoms with van der Waals surface area (Å²) in [5.41, 5.74) is 1.12. The Morgan fingerprint density at radius 3 is 2.37 bits per heavy atom. The predicted octanol–water partition coefficient (Wildman–Crippen LogP) is 4.28. The first-order valence-corrected chi connectivity index (χ1v) is 6.57. The molecule has 1 heterocycles. The van der Waals surface area contributed by atoms with Crippen molar-refractivity contribution >= 4 is 6.08 Å². The van der Waals surface area contributed by atoms with Gasteiger partial charge in [-0.05, 0) is 30.2 Å². The summed E-state index contributed by atoms with van der Waals surface area (Å²) < 4.78 is 11.9. The summed E-state index contributed by atoms with van der Waals surface area (Å²) in [6.45, 7) is 2.10. The SMILES string of the molecule is CCC1Oc2ccccc2O/C1=C\c1ccccc1. The molecule has 96 valence electrons. The lowest BCUT2D eigenvalue weighted by Crippen LogP contribution is -2.26. The summed E-state index contributed by atoms with van der Waals surface area (Å²) in [4.78, 5) is 0. The highest BCUT2D eigenvalue weighted by molar-refractivity contribution is 5.55. The van der Waals surface area contributed by atoms with E-state index >= 15 is 0 Å². The van der Waals surface area contributed by atoms with Crippen molar-refractivity contribution in [3.8, 4) is 11.5 Å². The van der Waals surface area contributed by atoms with Crippen LogP contribution in [0.15, 0.2) is 60.4 Å². The number of hydrogen-bond donors (Lipinski definition) is 0. The van der Waals surface area contributed by atoms with Crippen molar-refractivity contribution in [1.29, 1.82) is 0 Å². The minimum Gasteiger partial charge on any atom is -0.479 e. The number of ether oxygens (including phenoxy) is 2. The monoisotopic (exact) mass is 252 g/mol. The van der Waals surface area contributed by atoms with E-state index in [1.54, 1.807) is 0 Å². The molecule has 1 unspecified atom stereocenters. The minimum atomic E-state index is -0.0184. The van der Waals surface area contributed by atoms with Crippen LogP contribution in [0.2, 0.25) is 0 Å². The van der Waals surface area contributed by atoms with Crippen LogP contribution in [0.1, 0.15) is 18.9 Å². The van der Waals surface area contributed by atoms with Crippen molar-refractivity contribution in [3.05, 3.63) is 65.9 Å². The van der Waals surface area contributed by atoms with Gasteiger partial charge < -0.3 is 9.47 Å². The largest absolute Gasteiger partial charge is 0.479 e. The predicted molar refractivity (Wildman–Crippen MR) is 76.2 cm³/mol. The van der Waals surface area contributed by atoms with Crippen LogP contribution in [0.25, 0.3) is 6.08 Å². The molecule has 2 heteroatoms. The maximum atomic E-state index is 5.98. The van der Waals surface area contributed by atoms with Gasteiger partial charge in [0.15, 0.2) is 17.6 Å². The molecule has 1 aliphatic rings. The van der Waals surface area contributed by atoms with Gasteiger partial charge in [-0.2, -0.15) is 0 Å². The Balaban J connectivity index is 1.95. The lowest BCUT2D eigenvalue weighted by Gasteiger charge is -2.28. The van der Waals surface area contributed by atoms with Gasteiger partial charge in [0.2, 0.25) is 0 Å². The molecule has 0 aliphatic carbocycles. The van der Waals surface area contributed by atoms with E-state index in [2.05, 4.69) is 19.1 Å². The van der Waals surface area contributed by atoms with E-state index < -0.39 is 0 Å². The lowest BCUT2D eigenvalue weighted by atomic mass is 10.1. The van der Waals surface area contributed by atoms with Gasteiger partial charge in [0.05, 0.1) is 0 Å². The standard InChI is InChI=1S/C17H16O2/c1-2-14-17(12-13-8-4-3-5-9-13)19-16-11-7-6-10-15(16)18-14/h3-12,14H,2H2,1H3/b17-12-. The van der Waals surface area contributed by atoms with Crippen molar-refractivity contribution in [2.45, 2.75) is 19.4 Å². The Hall–Kier alpha value is -2.22. The quantitative estimate of drug-likeness (QED) is 0.794. The van der Waals surface area contributed by atoms with E-state index in [1.165, 1.54) is 0 Å². The number of benzene rings is 2. The lowest BCUT2D eigenvalue weighted by molar-refractivity contribution is 0.146. The third kappa shape index (κ3) is 2.48. The van der Waals surface area contributed by atoms with Crippen LogP contribution in [0.3, 0.4) is 0 Å². The number of fused-ring (bicyclic) bond motifs is 1. The summed E-state index contributed by atoms with van der Waals surface area (Å²) in [5, 5.41) is 0. The van der Waals surface area contributed by atoms with E-state index in [1.807, 2.05) is 48.5 Å². The molecule has 0 spiro atoms. The van der Waals surface area contributed by atoms with E-state index in [-0.39, 0.29) is 6.10 Å². The van der Waals surface area contributed by atoms with Gasteiger partial charge in [0.1, 0.15) is 5.76 Å². The average molecular weight is 252 g/mol. The highest BCUT2D eigenvalue weighted by Crippen LogP contribution is 2.36. The van der Waals surface area contributed by atoms with Crippen molar-refractivity contribution in [2.24, 2.45) is 0 Å². The van der Waals surface area contributed by atoms with E-state index in [0.717, 1.165) is 29.2 Å². The molecule has 19 heavy (non-hydrogen) atoms. The Morgan fingerprint density at radius 1 is 0.947 bits per heavy atom. The molecule has 0 saturated carbocycles. The smallest absolute Gasteiger partial charge is 0.169 e. The molecular weight excluding hydrogens is 236 g/mol. The molecule has 2 nitrogen and oxygen atoms in total. The highest BCUT2D eigenvalue weighted by Gasteiger charge is 2.24. The zero-order valence-corrected chi connectivity index (χ0v) is 10.9. The average Bonchev–Trinajstić information content (AvgIpc) is 2.47. The van der Waals surface area contributed by atoms with Crippen LogP contribution >= 0.6 is 0 Å². The van der Waals surface area contributed by atoms with E-state index in [0.29, 0.717) is 0 Å². The maximum Gasteiger partial charge on any atom is 0.169 e. The van der Waals surface area contributed by atoms with Gasteiger partial charge in [-0.15, -0.1) is 0 Å². The first-order valence-electron chi connectivity index (χ1n) is 6.57. The second kappa shape index (κ2) is 5.19. The summed E-state index contributed by atoms with van der Waals surface area (Å²) in [7, 11) is 0. The van der Waals surface area contributed by atoms with Crippen LogP contribution in [0, 0.1) is 0 Å². The van der Waals surface area contributed by atoms with Crippen molar-refractivity contribution in [2.75, 3.05) is 0 Å². The second-order valence-electron chi connectivity index (χ2n) is 4.52. The van der Waals surface area contributed by atoms with Crippen LogP contribution in [-0.2, 0) is 0 Å². The fraction of sp³-hybridized carbons (Fsp3) is 0.176. The molecule has 0 aromatic heterocycles. The fourth-order valence-electron chi connectivity index (χ4n) is 2.16. The van der Waals surface area contributed by atoms with Crippen LogP contribution in [-0.4, -0.2) is 6.10 Å². The normalized spacial score (nSPS) is 19.4. The van der Waals surface area contributed by atoms with Gasteiger partial charge in [0, 0.05) is 0 Å². The van der Waals surface area contributed by atoms with Gasteiger partial charge in [-0.1, -0.05) is 49.4 Å². The Kier molecular flexibility index (Phi) is 3.23. The number of hydrogen-bond acceptors (Lipinski definition) is 2. The van der Waals surface area contributed by atoms with E-state index in [4.69, 9.17) is 9.47 Å². The Morgan fingerprint density at radius 2 is 1.63 bits per heavy atom. The third-order valence-electron chi connectivity index (χ3n) is 3.14. The molecule has 2 aromatic rings. The van der Waals surface area contributed by atoms with E-state index in [9.17, 15) is 0 Å². The van der Waals surface area contributed by atoms with Crippen LogP contribution in [0.5, 0.6) is 11.5 Å². The molecular formula is C17H16O2. The van der Waals surface area contributed by atoms with Crippen LogP contribution < -0.4 is 9.47 Å². The molecule has 1 atom stereocenters. The zero-order chi connectivity index (χ0) is 13.1. The molecule has 0 amide bonds. The molecule has 3 rings (SSSR count). The molecule has 0 fully saturated rings. The van der Waals surface area contributed by atoms with Crippen LogP contribution in [0.4, 0.5) is 0 Å². The summed E-state index contributed by atoms with van der Waals surface area (Å²) in [6.07, 6.45) is 2.91. The summed E-state index contributed by atoms with van der Waals surface area (Å²) >= 11 is 0. The number of rotatable bonds is 2. The molecule has 0 N–H and O–H groups in total. The Labute approximate surface area is 113 Å². The van der Waals surface area contributed by atoms with Crippen molar-refractivity contribution in [3.63, 3.8) is 0 Å². The van der Waals surface area contributed by atoms with Crippen molar-refractivity contribution in [1.82, 2.24) is 0 Å². The number of para-hydroxylation sites is 2. The highest BCUT2D eigenvalue weighted by atomic mass is 16.6. The Bertz CT molecular complexity index is 587. The molecule has 1 aliphatic heterocycles. The molecule has 0 saturated heterocycles. The molecule has 0 radical (unpaired) electrons. The first-order chi connectivity index (χ1) is 9.36. The van der Waals surface area contributed by atoms with Gasteiger partial charge >= 0.3 is 0 Å². The topological polar surface area (TPSA) is 18.5 Å². The molecule has 0 bridgehead atoms. The minimum absolute atomic E-state index is 0.0184. The third-order valence-corrected chi connectivity index (χ3v) is 3.14. The van der Waals surface area contributed by atoms with Gasteiger partial charge in [-0.25, -0.2) is 0 Å². The zero-order valence-electron chi connectivity index (χ0n) is 10.9. The summed E-state index contributed by atoms with van der Waals surface area (Å²) in [6, 6.07) is 17.9. The fourth-order valence-corrected chi connectivity index (χ4v) is 2.16.